The van der Waals surface area contributed by atoms with Crippen LogP contribution in [0.2, 0.25) is 0 Å². The average molecular weight is 955 g/mol. The molecule has 5 aromatic carbocycles. The number of furan rings is 1. The number of pyridine rings is 2. The fraction of sp³-hybridized carbons (Fsp3) is 0.188. The van der Waals surface area contributed by atoms with Crippen molar-refractivity contribution in [2.24, 2.45) is 0 Å². The minimum Gasteiger partial charge on any atom is -0.507 e. The first-order valence-corrected chi connectivity index (χ1v) is 18.7. The van der Waals surface area contributed by atoms with E-state index >= 15 is 0 Å². The first kappa shape index (κ1) is 39.1. The standard InChI is InChI=1S/C48H38F3N4O2.Pt/c1-46(2,3)30-15-18-39(56)38(25-30)44-54-42-34(19-21-53-45(42)55(44)32-16-13-29(14-17-32)48(49,50)51)37-24-28(23-36-33-11-7-8-12-40(33)57-43(36)37)35-26-31(47(4,5)6)22-27-10-9-20-52-41(27)35;/h7-23,25-26,56H,1-6H3;/q-1;. The third-order valence-electron chi connectivity index (χ3n) is 10.6. The molecule has 0 atom stereocenters. The predicted octanol–water partition coefficient (Wildman–Crippen LogP) is 13.0. The van der Waals surface area contributed by atoms with Gasteiger partial charge in [-0.25, -0.2) is 9.97 Å². The van der Waals surface area contributed by atoms with E-state index in [-0.39, 0.29) is 37.6 Å². The summed E-state index contributed by atoms with van der Waals surface area (Å²) in [5.41, 5.74) is 7.67. The van der Waals surface area contributed by atoms with Gasteiger partial charge in [-0.3, -0.25) is 9.55 Å². The van der Waals surface area contributed by atoms with E-state index in [0.29, 0.717) is 50.5 Å². The van der Waals surface area contributed by atoms with Gasteiger partial charge in [0.25, 0.3) is 0 Å². The van der Waals surface area contributed by atoms with Crippen LogP contribution in [0.5, 0.6) is 5.75 Å². The molecule has 0 saturated heterocycles. The van der Waals surface area contributed by atoms with Crippen molar-refractivity contribution in [2.45, 2.75) is 58.5 Å². The number of fused-ring (bicyclic) bond motifs is 5. The van der Waals surface area contributed by atoms with Crippen molar-refractivity contribution in [3.63, 3.8) is 0 Å². The summed E-state index contributed by atoms with van der Waals surface area (Å²) in [6.45, 7) is 12.8. The first-order chi connectivity index (χ1) is 27.1. The molecule has 6 nitrogen and oxygen atoms in total. The number of hydrogen-bond donors (Lipinski definition) is 1. The van der Waals surface area contributed by atoms with Crippen LogP contribution in [0.3, 0.4) is 0 Å². The van der Waals surface area contributed by atoms with Gasteiger partial charge in [0.05, 0.1) is 22.2 Å². The number of aromatic hydroxyl groups is 1. The molecule has 1 N–H and O–H groups in total. The molecule has 4 aromatic heterocycles. The Bertz CT molecular complexity index is 3040. The Balaban J connectivity index is 0.00000469. The molecule has 4 heterocycles. The SMILES string of the molecule is CC(C)(C)c1ccc(O)c(-c2nc3c(-c4[c-]c(-c5cc(C(C)(C)C)cc6cccnc56)cc5c4oc4ccccc45)ccnc3n2-c2ccc(C(F)(F)F)cc2)c1.[Pt]. The van der Waals surface area contributed by atoms with Crippen LogP contribution in [0.15, 0.2) is 120 Å². The number of nitrogens with zero attached hydrogens (tertiary/aromatic N) is 4. The number of para-hydroxylation sites is 1. The number of hydrogen-bond acceptors (Lipinski definition) is 5. The van der Waals surface area contributed by atoms with Crippen molar-refractivity contribution < 1.29 is 43.8 Å². The molecule has 0 aliphatic heterocycles. The Hall–Kier alpha value is -5.79. The summed E-state index contributed by atoms with van der Waals surface area (Å²) >= 11 is 0. The normalized spacial score (nSPS) is 12.5. The summed E-state index contributed by atoms with van der Waals surface area (Å²) in [6.07, 6.45) is -1.07. The predicted molar refractivity (Wildman–Crippen MR) is 221 cm³/mol. The average Bonchev–Trinajstić information content (AvgIpc) is 3.75. The van der Waals surface area contributed by atoms with Gasteiger partial charge in [-0.1, -0.05) is 101 Å². The molecule has 0 unspecified atom stereocenters. The number of halogens is 3. The third kappa shape index (κ3) is 6.65. The molecule has 0 bridgehead atoms. The Morgan fingerprint density at radius 2 is 1.36 bits per heavy atom. The number of alkyl halides is 3. The number of phenolic OH excluding ortho intramolecular Hbond substituents is 1. The van der Waals surface area contributed by atoms with Crippen LogP contribution >= 0.6 is 0 Å². The van der Waals surface area contributed by atoms with E-state index in [0.717, 1.165) is 56.1 Å². The Morgan fingerprint density at radius 1 is 0.655 bits per heavy atom. The summed E-state index contributed by atoms with van der Waals surface area (Å²) in [7, 11) is 0. The quantitative estimate of drug-likeness (QED) is 0.178. The van der Waals surface area contributed by atoms with Gasteiger partial charge in [0, 0.05) is 50.0 Å². The molecule has 0 radical (unpaired) electrons. The van der Waals surface area contributed by atoms with Gasteiger partial charge >= 0.3 is 6.18 Å². The zero-order valence-electron chi connectivity index (χ0n) is 32.6. The second-order valence-corrected chi connectivity index (χ2v) is 16.6. The van der Waals surface area contributed by atoms with Crippen LogP contribution in [0, 0.1) is 6.07 Å². The molecule has 0 fully saturated rings. The Kier molecular flexibility index (Phi) is 9.39. The first-order valence-electron chi connectivity index (χ1n) is 18.7. The minimum atomic E-state index is -4.52. The molecular formula is C48H38F3N4O2Pt-. The second kappa shape index (κ2) is 13.9. The molecule has 0 aliphatic rings. The van der Waals surface area contributed by atoms with Gasteiger partial charge < -0.3 is 9.52 Å². The molecule has 0 aliphatic carbocycles. The number of imidazole rings is 1. The van der Waals surface area contributed by atoms with Crippen molar-refractivity contribution in [1.82, 2.24) is 19.5 Å². The molecule has 0 amide bonds. The molecule has 9 aromatic rings. The molecular weight excluding hydrogens is 917 g/mol. The second-order valence-electron chi connectivity index (χ2n) is 16.6. The topological polar surface area (TPSA) is 77.0 Å². The molecule has 0 spiro atoms. The van der Waals surface area contributed by atoms with Gasteiger partial charge in [-0.2, -0.15) is 13.2 Å². The van der Waals surface area contributed by atoms with E-state index < -0.39 is 11.7 Å². The minimum absolute atomic E-state index is 0. The number of phenols is 1. The van der Waals surface area contributed by atoms with Crippen LogP contribution < -0.4 is 0 Å². The van der Waals surface area contributed by atoms with Gasteiger partial charge in [0.15, 0.2) is 5.65 Å². The Morgan fingerprint density at radius 3 is 2.09 bits per heavy atom. The van der Waals surface area contributed by atoms with Crippen LogP contribution in [0.4, 0.5) is 13.2 Å². The molecule has 294 valence electrons. The van der Waals surface area contributed by atoms with Crippen molar-refractivity contribution in [2.75, 3.05) is 0 Å². The van der Waals surface area contributed by atoms with E-state index in [9.17, 15) is 18.3 Å². The third-order valence-corrected chi connectivity index (χ3v) is 10.6. The van der Waals surface area contributed by atoms with Crippen LogP contribution in [-0.4, -0.2) is 24.6 Å². The fourth-order valence-corrected chi connectivity index (χ4v) is 7.51. The summed E-state index contributed by atoms with van der Waals surface area (Å²) in [4.78, 5) is 14.8. The number of benzene rings is 5. The number of rotatable bonds is 4. The fourth-order valence-electron chi connectivity index (χ4n) is 7.51. The summed E-state index contributed by atoms with van der Waals surface area (Å²) < 4.78 is 49.6. The summed E-state index contributed by atoms with van der Waals surface area (Å²) in [5, 5.41) is 14.2. The largest absolute Gasteiger partial charge is 0.507 e. The maximum absolute atomic E-state index is 13.8. The van der Waals surface area contributed by atoms with Crippen LogP contribution in [0.1, 0.15) is 58.2 Å². The van der Waals surface area contributed by atoms with Crippen LogP contribution in [0.25, 0.3) is 83.3 Å². The van der Waals surface area contributed by atoms with Crippen molar-refractivity contribution in [3.8, 4) is 45.1 Å². The zero-order valence-corrected chi connectivity index (χ0v) is 34.8. The van der Waals surface area contributed by atoms with Gasteiger partial charge in [-0.15, -0.1) is 17.7 Å². The van der Waals surface area contributed by atoms with Gasteiger partial charge in [0.1, 0.15) is 17.2 Å². The monoisotopic (exact) mass is 954 g/mol. The van der Waals surface area contributed by atoms with Crippen molar-refractivity contribution >= 4 is 44.0 Å². The van der Waals surface area contributed by atoms with Crippen LogP contribution in [-0.2, 0) is 38.1 Å². The molecule has 0 saturated carbocycles. The van der Waals surface area contributed by atoms with Crippen molar-refractivity contribution in [3.05, 3.63) is 138 Å². The van der Waals surface area contributed by atoms with E-state index in [1.807, 2.05) is 48.5 Å². The summed E-state index contributed by atoms with van der Waals surface area (Å²) in [5.74, 6) is 0.290. The van der Waals surface area contributed by atoms with Gasteiger partial charge in [0.2, 0.25) is 0 Å². The summed E-state index contributed by atoms with van der Waals surface area (Å²) in [6, 6.07) is 34.2. The smallest absolute Gasteiger partial charge is 0.416 e. The van der Waals surface area contributed by atoms with E-state index in [1.54, 1.807) is 23.0 Å². The molecule has 9 rings (SSSR count). The van der Waals surface area contributed by atoms with E-state index in [2.05, 4.69) is 71.9 Å². The molecule has 58 heavy (non-hydrogen) atoms. The number of aromatic nitrogens is 4. The maximum Gasteiger partial charge on any atom is 0.416 e. The van der Waals surface area contributed by atoms with Crippen molar-refractivity contribution in [1.29, 1.82) is 0 Å². The Labute approximate surface area is 347 Å². The van der Waals surface area contributed by atoms with E-state index in [4.69, 9.17) is 19.4 Å². The zero-order chi connectivity index (χ0) is 40.0. The van der Waals surface area contributed by atoms with Gasteiger partial charge in [-0.05, 0) is 86.8 Å². The van der Waals surface area contributed by atoms with E-state index in [1.165, 1.54) is 12.1 Å². The molecule has 10 heteroatoms. The maximum atomic E-state index is 13.8.